The van der Waals surface area contributed by atoms with Crippen LogP contribution in [0.4, 0.5) is 0 Å². The highest BCUT2D eigenvalue weighted by Gasteiger charge is 2.15. The minimum Gasteiger partial charge on any atom is -0.288 e. The first-order chi connectivity index (χ1) is 8.05. The topological polar surface area (TPSA) is 66.7 Å². The van der Waals surface area contributed by atoms with Crippen LogP contribution in [0.15, 0.2) is 40.2 Å². The average Bonchev–Trinajstić information content (AvgIpc) is 2.28. The van der Waals surface area contributed by atoms with E-state index in [1.54, 1.807) is 6.21 Å². The molecule has 0 fully saturated rings. The van der Waals surface area contributed by atoms with Crippen molar-refractivity contribution in [3.63, 3.8) is 0 Å². The lowest BCUT2D eigenvalue weighted by Gasteiger charge is -2.13. The first-order valence-corrected chi connectivity index (χ1v) is 6.53. The Morgan fingerprint density at radius 3 is 2.82 bits per heavy atom. The van der Waals surface area contributed by atoms with Crippen molar-refractivity contribution in [1.82, 2.24) is 0 Å². The van der Waals surface area contributed by atoms with E-state index in [0.29, 0.717) is 6.54 Å². The summed E-state index contributed by atoms with van der Waals surface area (Å²) in [6.45, 7) is 0.607. The number of hydrogen-bond donors (Lipinski definition) is 1. The molecule has 5 heteroatoms. The van der Waals surface area contributed by atoms with Gasteiger partial charge in [-0.05, 0) is 28.5 Å². The van der Waals surface area contributed by atoms with Crippen molar-refractivity contribution in [1.29, 1.82) is 0 Å². The molecule has 0 aromatic heterocycles. The molecular weight excluding hydrogens is 238 g/mol. The van der Waals surface area contributed by atoms with Crippen LogP contribution in [0, 0.1) is 0 Å². The Balaban J connectivity index is 2.46. The molecule has 0 unspecified atom stereocenters. The maximum Gasteiger partial charge on any atom is 0.294 e. The summed E-state index contributed by atoms with van der Waals surface area (Å²) in [4.78, 5) is 4.07. The van der Waals surface area contributed by atoms with Crippen LogP contribution in [-0.4, -0.2) is 19.2 Å². The lowest BCUT2D eigenvalue weighted by Crippen LogP contribution is -2.03. The minimum absolute atomic E-state index is 0.0921. The summed E-state index contributed by atoms with van der Waals surface area (Å²) in [7, 11) is -4.18. The molecule has 1 aliphatic rings. The maximum absolute atomic E-state index is 11.2. The fourth-order valence-corrected chi connectivity index (χ4v) is 2.69. The summed E-state index contributed by atoms with van der Waals surface area (Å²) in [6.07, 6.45) is 1.64. The number of nitrogens with zero attached hydrogens (tertiary/aromatic N) is 1. The van der Waals surface area contributed by atoms with Gasteiger partial charge < -0.3 is 0 Å². The van der Waals surface area contributed by atoms with E-state index in [4.69, 9.17) is 4.55 Å². The predicted molar refractivity (Wildman–Crippen MR) is 65.1 cm³/mol. The SMILES string of the molecule is O=S(=O)(O)c1cc2c3c(cccc3c1)CN=C2. The van der Waals surface area contributed by atoms with Crippen LogP contribution in [0.2, 0.25) is 0 Å². The smallest absolute Gasteiger partial charge is 0.288 e. The first-order valence-electron chi connectivity index (χ1n) is 5.09. The Hall–Kier alpha value is -1.72. The third kappa shape index (κ3) is 1.64. The van der Waals surface area contributed by atoms with Crippen LogP contribution in [0.1, 0.15) is 11.1 Å². The first kappa shape index (κ1) is 10.4. The molecule has 0 atom stereocenters. The number of rotatable bonds is 1. The Labute approximate surface area is 98.4 Å². The van der Waals surface area contributed by atoms with E-state index in [1.165, 1.54) is 12.1 Å². The molecular formula is C12H9NO3S. The fraction of sp³-hybridized carbons (Fsp3) is 0.0833. The molecule has 1 heterocycles. The second-order valence-corrected chi connectivity index (χ2v) is 5.39. The van der Waals surface area contributed by atoms with Gasteiger partial charge in [0.1, 0.15) is 0 Å². The van der Waals surface area contributed by atoms with E-state index in [2.05, 4.69) is 4.99 Å². The van der Waals surface area contributed by atoms with Gasteiger partial charge in [-0.25, -0.2) is 0 Å². The second-order valence-electron chi connectivity index (χ2n) is 3.97. The molecule has 1 N–H and O–H groups in total. The van der Waals surface area contributed by atoms with Crippen molar-refractivity contribution in [3.05, 3.63) is 41.5 Å². The van der Waals surface area contributed by atoms with Gasteiger partial charge in [0.2, 0.25) is 0 Å². The molecule has 0 saturated carbocycles. The largest absolute Gasteiger partial charge is 0.294 e. The molecule has 86 valence electrons. The minimum atomic E-state index is -4.18. The molecule has 0 bridgehead atoms. The molecule has 0 radical (unpaired) electrons. The number of benzene rings is 2. The van der Waals surface area contributed by atoms with Gasteiger partial charge in [-0.2, -0.15) is 8.42 Å². The van der Waals surface area contributed by atoms with Crippen molar-refractivity contribution in [2.45, 2.75) is 11.4 Å². The molecule has 3 rings (SSSR count). The molecule has 4 nitrogen and oxygen atoms in total. The molecule has 2 aromatic carbocycles. The van der Waals surface area contributed by atoms with Crippen molar-refractivity contribution in [2.24, 2.45) is 4.99 Å². The summed E-state index contributed by atoms with van der Waals surface area (Å²) in [5.41, 5.74) is 1.80. The monoisotopic (exact) mass is 247 g/mol. The summed E-state index contributed by atoms with van der Waals surface area (Å²) in [5, 5.41) is 1.81. The van der Waals surface area contributed by atoms with Crippen LogP contribution in [0.3, 0.4) is 0 Å². The molecule has 0 spiro atoms. The van der Waals surface area contributed by atoms with Gasteiger partial charge in [-0.1, -0.05) is 18.2 Å². The fourth-order valence-electron chi connectivity index (χ4n) is 2.14. The number of aliphatic imine (C=N–C) groups is 1. The molecule has 2 aromatic rings. The zero-order valence-electron chi connectivity index (χ0n) is 8.79. The summed E-state index contributed by atoms with van der Waals surface area (Å²) in [5.74, 6) is 0. The molecule has 0 aliphatic carbocycles. The Morgan fingerprint density at radius 1 is 1.24 bits per heavy atom. The summed E-state index contributed by atoms with van der Waals surface area (Å²) in [6, 6.07) is 8.59. The standard InChI is InChI=1S/C12H9NO3S/c14-17(15,16)11-4-8-2-1-3-9-6-13-7-10(5-11)12(8)9/h1-5,7H,6H2,(H,14,15,16). The van der Waals surface area contributed by atoms with E-state index < -0.39 is 10.1 Å². The highest BCUT2D eigenvalue weighted by atomic mass is 32.2. The van der Waals surface area contributed by atoms with Crippen molar-refractivity contribution < 1.29 is 13.0 Å². The van der Waals surface area contributed by atoms with E-state index >= 15 is 0 Å². The van der Waals surface area contributed by atoms with Crippen LogP contribution in [0.5, 0.6) is 0 Å². The highest BCUT2D eigenvalue weighted by molar-refractivity contribution is 7.85. The van der Waals surface area contributed by atoms with E-state index in [0.717, 1.165) is 21.9 Å². The third-order valence-electron chi connectivity index (χ3n) is 2.86. The van der Waals surface area contributed by atoms with Crippen LogP contribution >= 0.6 is 0 Å². The number of hydrogen-bond acceptors (Lipinski definition) is 3. The third-order valence-corrected chi connectivity index (χ3v) is 3.69. The average molecular weight is 247 g/mol. The van der Waals surface area contributed by atoms with Crippen LogP contribution in [-0.2, 0) is 16.7 Å². The van der Waals surface area contributed by atoms with E-state index in [1.807, 2.05) is 18.2 Å². The summed E-state index contributed by atoms with van der Waals surface area (Å²) < 4.78 is 31.4. The zero-order chi connectivity index (χ0) is 12.0. The second kappa shape index (κ2) is 3.38. The quantitative estimate of drug-likeness (QED) is 0.784. The molecule has 17 heavy (non-hydrogen) atoms. The van der Waals surface area contributed by atoms with Crippen molar-refractivity contribution >= 4 is 27.1 Å². The summed E-state index contributed by atoms with van der Waals surface area (Å²) >= 11 is 0. The molecule has 0 saturated heterocycles. The Bertz CT molecular complexity index is 748. The van der Waals surface area contributed by atoms with E-state index in [9.17, 15) is 8.42 Å². The van der Waals surface area contributed by atoms with Gasteiger partial charge in [-0.3, -0.25) is 9.55 Å². The van der Waals surface area contributed by atoms with Gasteiger partial charge in [0, 0.05) is 11.8 Å². The van der Waals surface area contributed by atoms with Crippen molar-refractivity contribution in [3.8, 4) is 0 Å². The predicted octanol–water partition coefficient (Wildman–Crippen LogP) is 2.02. The molecule has 0 amide bonds. The normalized spacial score (nSPS) is 14.2. The highest BCUT2D eigenvalue weighted by Crippen LogP contribution is 2.28. The lowest BCUT2D eigenvalue weighted by atomic mass is 9.98. The lowest BCUT2D eigenvalue weighted by molar-refractivity contribution is 0.483. The maximum atomic E-state index is 11.2. The van der Waals surface area contributed by atoms with Gasteiger partial charge in [0.05, 0.1) is 11.4 Å². The van der Waals surface area contributed by atoms with Gasteiger partial charge >= 0.3 is 0 Å². The van der Waals surface area contributed by atoms with Crippen LogP contribution < -0.4 is 0 Å². The molecule has 1 aliphatic heterocycles. The van der Waals surface area contributed by atoms with Gasteiger partial charge in [0.25, 0.3) is 10.1 Å². The Morgan fingerprint density at radius 2 is 2.06 bits per heavy atom. The van der Waals surface area contributed by atoms with Gasteiger partial charge in [-0.15, -0.1) is 0 Å². The Kier molecular flexibility index (Phi) is 2.08. The zero-order valence-corrected chi connectivity index (χ0v) is 9.61. The van der Waals surface area contributed by atoms with Crippen molar-refractivity contribution in [2.75, 3.05) is 0 Å². The van der Waals surface area contributed by atoms with Gasteiger partial charge in [0.15, 0.2) is 0 Å². The van der Waals surface area contributed by atoms with Crippen LogP contribution in [0.25, 0.3) is 10.8 Å². The van der Waals surface area contributed by atoms with E-state index in [-0.39, 0.29) is 4.90 Å².